The molecule has 3 N–H and O–H groups in total. The van der Waals surface area contributed by atoms with Crippen LogP contribution in [0, 0.1) is 11.8 Å². The van der Waals surface area contributed by atoms with Gasteiger partial charge in [0.1, 0.15) is 29.4 Å². The van der Waals surface area contributed by atoms with Crippen molar-refractivity contribution < 1.29 is 32.3 Å². The van der Waals surface area contributed by atoms with E-state index in [1.807, 2.05) is 41.8 Å². The number of ether oxygens (including phenoxy) is 1. The van der Waals surface area contributed by atoms with Gasteiger partial charge < -0.3 is 25.2 Å². The van der Waals surface area contributed by atoms with E-state index in [-0.39, 0.29) is 37.8 Å². The number of aromatic nitrogens is 2. The van der Waals surface area contributed by atoms with Crippen LogP contribution in [0.5, 0.6) is 5.88 Å². The molecular formula is C35H41N7O7S2. The third-order valence-electron chi connectivity index (χ3n) is 9.93. The van der Waals surface area contributed by atoms with Crippen LogP contribution in [0.4, 0.5) is 4.79 Å². The standard InChI is InChI=1S/C35H41N7O7S2/c1-4-21-17-35(21,33(45)40-51(47,48)23-11-12-23)39-30(43)27-16-22(18-42(27)32(44)26-19-41(34(46)38-26)14-13-20(2)3)49-31-29(28-10-7-15-50-28)36-24-8-5-6-9-25(24)37-31/h4-10,15,20-23,26-27H,1,11-14,16-19H2,2-3H3,(H,38,46)(H,39,43)(H,40,45)/t21-,22-,26+,27+,35-/m1/s1. The summed E-state index contributed by atoms with van der Waals surface area (Å²) in [4.78, 5) is 68.0. The molecule has 2 aliphatic carbocycles. The van der Waals surface area contributed by atoms with Gasteiger partial charge in [-0.1, -0.05) is 38.1 Å². The number of hydrogen-bond donors (Lipinski definition) is 3. The van der Waals surface area contributed by atoms with E-state index >= 15 is 0 Å². The van der Waals surface area contributed by atoms with Gasteiger partial charge in [-0.2, -0.15) is 0 Å². The van der Waals surface area contributed by atoms with Gasteiger partial charge in [0.15, 0.2) is 0 Å². The first-order chi connectivity index (χ1) is 24.4. The number of nitrogens with one attached hydrogen (secondary N) is 3. The second-order valence-electron chi connectivity index (χ2n) is 14.1. The van der Waals surface area contributed by atoms with Crippen LogP contribution in [0.3, 0.4) is 0 Å². The van der Waals surface area contributed by atoms with E-state index in [2.05, 4.69) is 35.8 Å². The molecule has 4 fully saturated rings. The number of benzene rings is 1. The molecule has 16 heteroatoms. The minimum absolute atomic E-state index is 0.00614. The van der Waals surface area contributed by atoms with E-state index in [0.29, 0.717) is 42.0 Å². The van der Waals surface area contributed by atoms with Gasteiger partial charge in [-0.05, 0) is 55.2 Å². The lowest BCUT2D eigenvalue weighted by Crippen LogP contribution is -2.58. The Morgan fingerprint density at radius 3 is 2.53 bits per heavy atom. The Bertz CT molecular complexity index is 1980. The fourth-order valence-electron chi connectivity index (χ4n) is 6.73. The van der Waals surface area contributed by atoms with Gasteiger partial charge in [-0.15, -0.1) is 17.9 Å². The van der Waals surface area contributed by atoms with Crippen LogP contribution >= 0.6 is 11.3 Å². The Morgan fingerprint density at radius 2 is 1.88 bits per heavy atom. The summed E-state index contributed by atoms with van der Waals surface area (Å²) in [5, 5.41) is 6.86. The Hall–Kier alpha value is -4.57. The summed E-state index contributed by atoms with van der Waals surface area (Å²) in [5.41, 5.74) is 0.292. The van der Waals surface area contributed by atoms with Crippen molar-refractivity contribution in [2.75, 3.05) is 19.6 Å². The van der Waals surface area contributed by atoms with Gasteiger partial charge in [0.25, 0.3) is 5.91 Å². The number of likely N-dealkylation sites (tertiary alicyclic amines) is 1. The monoisotopic (exact) mass is 735 g/mol. The highest BCUT2D eigenvalue weighted by atomic mass is 32.2. The first-order valence-corrected chi connectivity index (χ1v) is 19.6. The molecule has 0 unspecified atom stereocenters. The number of carbonyl (C=O) groups is 4. The molecule has 4 aliphatic rings. The summed E-state index contributed by atoms with van der Waals surface area (Å²) in [6.07, 6.45) is 2.72. The average Bonchev–Trinajstić information content (AvgIpc) is 3.91. The lowest BCUT2D eigenvalue weighted by Gasteiger charge is -2.28. The number of fused-ring (bicyclic) bond motifs is 1. The highest BCUT2D eigenvalue weighted by molar-refractivity contribution is 7.91. The van der Waals surface area contributed by atoms with Crippen molar-refractivity contribution in [2.45, 2.75) is 74.9 Å². The summed E-state index contributed by atoms with van der Waals surface area (Å²) < 4.78 is 34.0. The van der Waals surface area contributed by atoms with E-state index in [0.717, 1.165) is 11.3 Å². The van der Waals surface area contributed by atoms with Gasteiger partial charge >= 0.3 is 6.03 Å². The molecule has 0 spiro atoms. The molecule has 7 rings (SSSR count). The van der Waals surface area contributed by atoms with E-state index in [1.54, 1.807) is 4.90 Å². The lowest BCUT2D eigenvalue weighted by molar-refractivity contribution is -0.140. The van der Waals surface area contributed by atoms with Crippen LogP contribution in [0.15, 0.2) is 54.4 Å². The number of hydrogen-bond acceptors (Lipinski definition) is 10. The molecule has 270 valence electrons. The van der Waals surface area contributed by atoms with Crippen molar-refractivity contribution in [3.63, 3.8) is 0 Å². The van der Waals surface area contributed by atoms with Gasteiger partial charge in [0.05, 0.1) is 34.2 Å². The molecule has 2 saturated carbocycles. The van der Waals surface area contributed by atoms with Crippen LogP contribution in [0.1, 0.15) is 46.0 Å². The number of urea groups is 1. The Balaban J connectivity index is 1.16. The smallest absolute Gasteiger partial charge is 0.318 e. The van der Waals surface area contributed by atoms with Crippen LogP contribution in [0.2, 0.25) is 0 Å². The van der Waals surface area contributed by atoms with Gasteiger partial charge in [0.2, 0.25) is 27.7 Å². The highest BCUT2D eigenvalue weighted by Crippen LogP contribution is 2.45. The summed E-state index contributed by atoms with van der Waals surface area (Å²) in [6.45, 7) is 8.50. The molecular weight excluding hydrogens is 695 g/mol. The minimum atomic E-state index is -3.88. The van der Waals surface area contributed by atoms with Crippen molar-refractivity contribution in [2.24, 2.45) is 11.8 Å². The van der Waals surface area contributed by atoms with E-state index in [1.165, 1.54) is 22.3 Å². The summed E-state index contributed by atoms with van der Waals surface area (Å²) in [5.74, 6) is -1.82. The van der Waals surface area contributed by atoms with E-state index < -0.39 is 62.6 Å². The van der Waals surface area contributed by atoms with Gasteiger partial charge in [-0.25, -0.2) is 23.2 Å². The number of amides is 5. The predicted octanol–water partition coefficient (Wildman–Crippen LogP) is 2.82. The minimum Gasteiger partial charge on any atom is -0.471 e. The topological polar surface area (TPSA) is 180 Å². The van der Waals surface area contributed by atoms with Crippen LogP contribution in [0.25, 0.3) is 21.6 Å². The highest BCUT2D eigenvalue weighted by Gasteiger charge is 2.62. The molecule has 3 aromatic rings. The van der Waals surface area contributed by atoms with Crippen LogP contribution in [-0.2, 0) is 24.4 Å². The molecule has 4 heterocycles. The van der Waals surface area contributed by atoms with Crippen LogP contribution in [-0.4, -0.2) is 101 Å². The first kappa shape index (κ1) is 34.9. The quantitative estimate of drug-likeness (QED) is 0.223. The van der Waals surface area contributed by atoms with Gasteiger partial charge in [0, 0.05) is 18.9 Å². The number of sulfonamides is 1. The van der Waals surface area contributed by atoms with Crippen LogP contribution < -0.4 is 20.1 Å². The molecule has 1 aromatic carbocycles. The number of nitrogens with zero attached hydrogens (tertiary/aromatic N) is 4. The number of rotatable bonds is 13. The average molecular weight is 736 g/mol. The second kappa shape index (κ2) is 13.5. The van der Waals surface area contributed by atoms with Crippen molar-refractivity contribution in [1.82, 2.24) is 35.1 Å². The zero-order chi connectivity index (χ0) is 36.1. The summed E-state index contributed by atoms with van der Waals surface area (Å²) in [7, 11) is -3.88. The largest absolute Gasteiger partial charge is 0.471 e. The van der Waals surface area contributed by atoms with Gasteiger partial charge in [-0.3, -0.25) is 19.1 Å². The number of carbonyl (C=O) groups excluding carboxylic acids is 4. The third kappa shape index (κ3) is 7.03. The van der Waals surface area contributed by atoms with E-state index in [9.17, 15) is 27.6 Å². The molecule has 5 atom stereocenters. The maximum absolute atomic E-state index is 14.2. The van der Waals surface area contributed by atoms with Crippen molar-refractivity contribution in [3.8, 4) is 16.5 Å². The van der Waals surface area contributed by atoms with E-state index in [4.69, 9.17) is 14.7 Å². The van der Waals surface area contributed by atoms with Crippen molar-refractivity contribution >= 4 is 56.1 Å². The normalized spacial score (nSPS) is 25.9. The summed E-state index contributed by atoms with van der Waals surface area (Å²) >= 11 is 1.47. The fraction of sp³-hybridized carbons (Fsp3) is 0.486. The summed E-state index contributed by atoms with van der Waals surface area (Å²) in [6, 6.07) is 8.85. The predicted molar refractivity (Wildman–Crippen MR) is 190 cm³/mol. The molecule has 0 radical (unpaired) electrons. The fourth-order valence-corrected chi connectivity index (χ4v) is 8.80. The number of para-hydroxylation sites is 2. The molecule has 0 bridgehead atoms. The Morgan fingerprint density at radius 1 is 1.14 bits per heavy atom. The molecule has 2 aliphatic heterocycles. The molecule has 2 aromatic heterocycles. The SMILES string of the molecule is C=C[C@@H]1C[C@]1(NC(=O)[C@@H]1C[C@@H](Oc2nc3ccccc3nc2-c2cccs2)CN1C(=O)[C@@H]1CN(CCC(C)C)C(=O)N1)C(=O)NS(=O)(=O)C1CC1. The molecule has 5 amide bonds. The second-order valence-corrected chi connectivity index (χ2v) is 17.0. The first-order valence-electron chi connectivity index (χ1n) is 17.2. The zero-order valence-corrected chi connectivity index (χ0v) is 30.0. The molecule has 2 saturated heterocycles. The Kier molecular flexibility index (Phi) is 9.24. The zero-order valence-electron chi connectivity index (χ0n) is 28.4. The molecule has 51 heavy (non-hydrogen) atoms. The maximum atomic E-state index is 14.2. The number of thiophene rings is 1. The lowest BCUT2D eigenvalue weighted by atomic mass is 10.1. The van der Waals surface area contributed by atoms with Crippen molar-refractivity contribution in [3.05, 3.63) is 54.4 Å². The molecule has 14 nitrogen and oxygen atoms in total. The maximum Gasteiger partial charge on any atom is 0.318 e. The van der Waals surface area contributed by atoms with Crippen molar-refractivity contribution in [1.29, 1.82) is 0 Å². The Labute approximate surface area is 300 Å². The third-order valence-corrected chi connectivity index (χ3v) is 12.6.